The van der Waals surface area contributed by atoms with Crippen molar-refractivity contribution in [1.82, 2.24) is 4.90 Å². The molecule has 7 nitrogen and oxygen atoms in total. The van der Waals surface area contributed by atoms with Crippen molar-refractivity contribution in [2.24, 2.45) is 0 Å². The third kappa shape index (κ3) is 4.92. The number of nitrogens with one attached hydrogen (secondary N) is 1. The Hall–Kier alpha value is -3.36. The topological polar surface area (TPSA) is 114 Å². The smallest absolute Gasteiger partial charge is 0.262 e. The van der Waals surface area contributed by atoms with Crippen molar-refractivity contribution in [2.75, 3.05) is 17.8 Å². The molecule has 0 bridgehead atoms. The number of amides is 1. The predicted octanol–water partition coefficient (Wildman–Crippen LogP) is 3.21. The molecule has 29 heavy (non-hydrogen) atoms. The number of anilines is 1. The van der Waals surface area contributed by atoms with Gasteiger partial charge in [0.1, 0.15) is 13.1 Å². The molecule has 2 aromatic rings. The van der Waals surface area contributed by atoms with Gasteiger partial charge >= 0.3 is 0 Å². The molecule has 0 fully saturated rings. The summed E-state index contributed by atoms with van der Waals surface area (Å²) in [6, 6.07) is 11.9. The molecular weight excluding hydrogens is 388 g/mol. The van der Waals surface area contributed by atoms with Gasteiger partial charge in [0.05, 0.1) is 22.7 Å². The Labute approximate surface area is 171 Å². The van der Waals surface area contributed by atoms with E-state index in [2.05, 4.69) is 4.72 Å². The van der Waals surface area contributed by atoms with Crippen LogP contribution in [0.25, 0.3) is 0 Å². The van der Waals surface area contributed by atoms with E-state index in [-0.39, 0.29) is 29.2 Å². The largest absolute Gasteiger partial charge is 0.312 e. The van der Waals surface area contributed by atoms with Crippen LogP contribution in [0.15, 0.2) is 35.2 Å². The van der Waals surface area contributed by atoms with Gasteiger partial charge in [0.15, 0.2) is 0 Å². The number of hydrogen-bond donors (Lipinski definition) is 1. The highest BCUT2D eigenvalue weighted by Gasteiger charge is 2.22. The van der Waals surface area contributed by atoms with Crippen LogP contribution in [0.2, 0.25) is 0 Å². The number of aryl methyl sites for hydroxylation is 4. The molecule has 0 radical (unpaired) electrons. The Balaban J connectivity index is 2.44. The molecule has 8 heteroatoms. The lowest BCUT2D eigenvalue weighted by atomic mass is 10.1. The fraction of sp³-hybridized carbons (Fsp3) is 0.286. The maximum absolute atomic E-state index is 13.0. The summed E-state index contributed by atoms with van der Waals surface area (Å²) in [6.07, 6.45) is 0. The van der Waals surface area contributed by atoms with Crippen molar-refractivity contribution in [1.29, 1.82) is 10.5 Å². The van der Waals surface area contributed by atoms with Gasteiger partial charge in [0, 0.05) is 5.56 Å². The van der Waals surface area contributed by atoms with Gasteiger partial charge < -0.3 is 4.90 Å². The zero-order valence-electron chi connectivity index (χ0n) is 16.8. The molecule has 2 rings (SSSR count). The number of sulfonamides is 1. The summed E-state index contributed by atoms with van der Waals surface area (Å²) in [4.78, 5) is 13.9. The Kier molecular flexibility index (Phi) is 6.63. The molecule has 0 heterocycles. The maximum Gasteiger partial charge on any atom is 0.262 e. The van der Waals surface area contributed by atoms with Crippen molar-refractivity contribution in [3.8, 4) is 12.1 Å². The summed E-state index contributed by atoms with van der Waals surface area (Å²) in [6.45, 7) is 6.64. The number of nitriles is 2. The van der Waals surface area contributed by atoms with Crippen molar-refractivity contribution in [2.45, 2.75) is 32.6 Å². The summed E-state index contributed by atoms with van der Waals surface area (Å²) >= 11 is 0. The van der Waals surface area contributed by atoms with Crippen molar-refractivity contribution >= 4 is 21.6 Å². The summed E-state index contributed by atoms with van der Waals surface area (Å²) in [5.41, 5.74) is 3.33. The third-order valence-electron chi connectivity index (χ3n) is 4.41. The molecule has 1 amide bonds. The first kappa shape index (κ1) is 21.9. The molecule has 0 aliphatic carbocycles. The summed E-state index contributed by atoms with van der Waals surface area (Å²) in [7, 11) is -3.88. The van der Waals surface area contributed by atoms with Gasteiger partial charge in [-0.15, -0.1) is 0 Å². The molecule has 0 aliphatic rings. The average Bonchev–Trinajstić information content (AvgIpc) is 2.61. The predicted molar refractivity (Wildman–Crippen MR) is 110 cm³/mol. The number of nitrogens with zero attached hydrogens (tertiary/aromatic N) is 3. The molecule has 0 spiro atoms. The monoisotopic (exact) mass is 410 g/mol. The first-order valence-electron chi connectivity index (χ1n) is 8.85. The Bertz CT molecular complexity index is 1100. The van der Waals surface area contributed by atoms with Crippen molar-refractivity contribution in [3.05, 3.63) is 58.1 Å². The van der Waals surface area contributed by atoms with Gasteiger partial charge in [-0.25, -0.2) is 8.42 Å². The van der Waals surface area contributed by atoms with Gasteiger partial charge in [-0.05, 0) is 56.5 Å². The lowest BCUT2D eigenvalue weighted by Crippen LogP contribution is -2.31. The molecule has 0 saturated heterocycles. The van der Waals surface area contributed by atoms with Gasteiger partial charge in [-0.1, -0.05) is 23.8 Å². The van der Waals surface area contributed by atoms with E-state index in [1.807, 2.05) is 19.1 Å². The van der Waals surface area contributed by atoms with Gasteiger partial charge in [-0.2, -0.15) is 10.5 Å². The molecule has 1 N–H and O–H groups in total. The normalized spacial score (nSPS) is 10.7. The van der Waals surface area contributed by atoms with Crippen LogP contribution in [-0.4, -0.2) is 32.3 Å². The highest BCUT2D eigenvalue weighted by atomic mass is 32.2. The minimum atomic E-state index is -3.88. The van der Waals surface area contributed by atoms with E-state index in [0.717, 1.165) is 10.5 Å². The van der Waals surface area contributed by atoms with Crippen LogP contribution in [0.5, 0.6) is 0 Å². The summed E-state index contributed by atoms with van der Waals surface area (Å²) in [5.74, 6) is -0.517. The highest BCUT2D eigenvalue weighted by Crippen LogP contribution is 2.26. The van der Waals surface area contributed by atoms with Crippen molar-refractivity contribution in [3.63, 3.8) is 0 Å². The fourth-order valence-electron chi connectivity index (χ4n) is 3.20. The van der Waals surface area contributed by atoms with E-state index < -0.39 is 15.9 Å². The number of benzene rings is 2. The highest BCUT2D eigenvalue weighted by molar-refractivity contribution is 7.92. The Morgan fingerprint density at radius 1 is 0.966 bits per heavy atom. The molecule has 0 unspecified atom stereocenters. The zero-order valence-corrected chi connectivity index (χ0v) is 17.6. The van der Waals surface area contributed by atoms with Gasteiger partial charge in [0.2, 0.25) is 0 Å². The lowest BCUT2D eigenvalue weighted by molar-refractivity contribution is 0.0794. The fourth-order valence-corrected chi connectivity index (χ4v) is 4.78. The quantitative estimate of drug-likeness (QED) is 0.735. The molecule has 0 atom stereocenters. The maximum atomic E-state index is 13.0. The lowest BCUT2D eigenvalue weighted by Gasteiger charge is -2.18. The SMILES string of the molecule is Cc1cc(C)c(S(=O)(=O)Nc2cc(C(=O)N(CC#N)CC#N)ccc2C)c(C)c1. The van der Waals surface area contributed by atoms with Crippen LogP contribution < -0.4 is 4.72 Å². The van der Waals surface area contributed by atoms with E-state index in [1.165, 1.54) is 6.07 Å². The Morgan fingerprint density at radius 2 is 1.52 bits per heavy atom. The van der Waals surface area contributed by atoms with E-state index in [0.29, 0.717) is 16.7 Å². The standard InChI is InChI=1S/C21H22N4O3S/c1-14-11-16(3)20(17(4)12-14)29(27,28)24-19-13-18(6-5-15(19)2)21(26)25(9-7-22)10-8-23/h5-6,11-13,24H,9-10H2,1-4H3. The van der Waals surface area contributed by atoms with Gasteiger partial charge in [0.25, 0.3) is 15.9 Å². The zero-order chi connectivity index (χ0) is 21.8. The molecular formula is C21H22N4O3S. The second-order valence-electron chi connectivity index (χ2n) is 6.84. The molecule has 2 aromatic carbocycles. The minimum absolute atomic E-state index is 0.191. The van der Waals surface area contributed by atoms with Crippen LogP contribution in [0.1, 0.15) is 32.6 Å². The van der Waals surface area contributed by atoms with Crippen LogP contribution in [0.4, 0.5) is 5.69 Å². The number of rotatable bonds is 6. The van der Waals surface area contributed by atoms with E-state index >= 15 is 0 Å². The second kappa shape index (κ2) is 8.76. The van der Waals surface area contributed by atoms with Crippen LogP contribution in [0.3, 0.4) is 0 Å². The minimum Gasteiger partial charge on any atom is -0.312 e. The summed E-state index contributed by atoms with van der Waals surface area (Å²) < 4.78 is 28.6. The Morgan fingerprint density at radius 3 is 2.03 bits per heavy atom. The number of carbonyl (C=O) groups excluding carboxylic acids is 1. The van der Waals surface area contributed by atoms with E-state index in [9.17, 15) is 13.2 Å². The number of carbonyl (C=O) groups is 1. The van der Waals surface area contributed by atoms with E-state index in [1.54, 1.807) is 45.0 Å². The second-order valence-corrected chi connectivity index (χ2v) is 8.46. The number of hydrogen-bond acceptors (Lipinski definition) is 5. The van der Waals surface area contributed by atoms with Crippen LogP contribution in [-0.2, 0) is 10.0 Å². The molecule has 150 valence electrons. The first-order valence-corrected chi connectivity index (χ1v) is 10.3. The van der Waals surface area contributed by atoms with Gasteiger partial charge in [-0.3, -0.25) is 9.52 Å². The first-order chi connectivity index (χ1) is 13.6. The third-order valence-corrected chi connectivity index (χ3v) is 6.08. The molecule has 0 aliphatic heterocycles. The van der Waals surface area contributed by atoms with Crippen LogP contribution in [0, 0.1) is 50.4 Å². The summed E-state index contributed by atoms with van der Waals surface area (Å²) in [5, 5.41) is 17.7. The van der Waals surface area contributed by atoms with Crippen molar-refractivity contribution < 1.29 is 13.2 Å². The average molecular weight is 410 g/mol. The van der Waals surface area contributed by atoms with Crippen LogP contribution >= 0.6 is 0 Å². The van der Waals surface area contributed by atoms with E-state index in [4.69, 9.17) is 10.5 Å². The molecule has 0 aromatic heterocycles. The molecule has 0 saturated carbocycles.